The first-order chi connectivity index (χ1) is 7.29. The average molecular weight is 233 g/mol. The molecule has 1 atom stereocenters. The summed E-state index contributed by atoms with van der Waals surface area (Å²) in [6.07, 6.45) is -0.683. The van der Waals surface area contributed by atoms with Gasteiger partial charge in [0.1, 0.15) is 0 Å². The number of rotatable bonds is 6. The van der Waals surface area contributed by atoms with Crippen LogP contribution in [0, 0.1) is 5.41 Å². The Morgan fingerprint density at radius 1 is 1.31 bits per heavy atom. The van der Waals surface area contributed by atoms with Crippen LogP contribution in [0.25, 0.3) is 0 Å². The van der Waals surface area contributed by atoms with Crippen molar-refractivity contribution in [1.29, 1.82) is 0 Å². The maximum atomic E-state index is 10.8. The van der Waals surface area contributed by atoms with E-state index in [9.17, 15) is 9.90 Å². The van der Waals surface area contributed by atoms with E-state index in [0.29, 0.717) is 25.9 Å². The van der Waals surface area contributed by atoms with Crippen molar-refractivity contribution >= 4 is 6.09 Å². The third kappa shape index (κ3) is 5.92. The summed E-state index contributed by atoms with van der Waals surface area (Å²) in [4.78, 5) is 12.1. The monoisotopic (exact) mass is 233 g/mol. The van der Waals surface area contributed by atoms with Crippen molar-refractivity contribution in [3.8, 4) is 0 Å². The minimum atomic E-state index is -1.01. The van der Waals surface area contributed by atoms with Crippen LogP contribution in [-0.2, 0) is 0 Å². The van der Waals surface area contributed by atoms with Crippen molar-refractivity contribution in [2.24, 2.45) is 5.41 Å². The second kappa shape index (κ2) is 6.70. The van der Waals surface area contributed by atoms with Crippen molar-refractivity contribution in [1.82, 2.24) is 4.90 Å². The lowest BCUT2D eigenvalue weighted by Gasteiger charge is -2.28. The highest BCUT2D eigenvalue weighted by atomic mass is 16.4. The molecule has 0 aliphatic rings. The number of hydrogen-bond donors (Lipinski definition) is 3. The lowest BCUT2D eigenvalue weighted by atomic mass is 9.87. The van der Waals surface area contributed by atoms with Gasteiger partial charge < -0.3 is 20.2 Å². The van der Waals surface area contributed by atoms with Crippen LogP contribution in [0.2, 0.25) is 0 Å². The van der Waals surface area contributed by atoms with Crippen LogP contribution in [-0.4, -0.2) is 52.1 Å². The van der Waals surface area contributed by atoms with Gasteiger partial charge in [0, 0.05) is 19.7 Å². The molecule has 96 valence electrons. The van der Waals surface area contributed by atoms with E-state index in [1.807, 2.05) is 20.8 Å². The van der Waals surface area contributed by atoms with Crippen molar-refractivity contribution in [3.63, 3.8) is 0 Å². The van der Waals surface area contributed by atoms with Crippen molar-refractivity contribution in [2.75, 3.05) is 19.7 Å². The molecule has 5 nitrogen and oxygen atoms in total. The maximum absolute atomic E-state index is 10.8. The third-order valence-corrected chi connectivity index (χ3v) is 2.53. The highest BCUT2D eigenvalue weighted by molar-refractivity contribution is 5.64. The van der Waals surface area contributed by atoms with E-state index < -0.39 is 12.2 Å². The number of hydrogen-bond acceptors (Lipinski definition) is 3. The Labute approximate surface area is 96.7 Å². The van der Waals surface area contributed by atoms with Crippen LogP contribution >= 0.6 is 0 Å². The molecule has 5 heteroatoms. The minimum absolute atomic E-state index is 0.0222. The van der Waals surface area contributed by atoms with Gasteiger partial charge >= 0.3 is 6.09 Å². The van der Waals surface area contributed by atoms with Gasteiger partial charge in [0.15, 0.2) is 0 Å². The molecule has 0 fully saturated rings. The van der Waals surface area contributed by atoms with E-state index in [0.717, 1.165) is 0 Å². The molecule has 0 aliphatic heterocycles. The molecule has 16 heavy (non-hydrogen) atoms. The van der Waals surface area contributed by atoms with E-state index in [1.165, 1.54) is 4.90 Å². The van der Waals surface area contributed by atoms with Crippen LogP contribution in [0.4, 0.5) is 4.79 Å². The zero-order valence-electron chi connectivity index (χ0n) is 10.3. The Kier molecular flexibility index (Phi) is 6.36. The Morgan fingerprint density at radius 2 is 1.88 bits per heavy atom. The summed E-state index contributed by atoms with van der Waals surface area (Å²) in [5.74, 6) is 0. The second-order valence-corrected chi connectivity index (χ2v) is 5.02. The van der Waals surface area contributed by atoms with Gasteiger partial charge in [0.2, 0.25) is 0 Å². The fraction of sp³-hybridized carbons (Fsp3) is 0.909. The van der Waals surface area contributed by atoms with E-state index in [1.54, 1.807) is 0 Å². The van der Waals surface area contributed by atoms with Crippen LogP contribution in [0.3, 0.4) is 0 Å². The highest BCUT2D eigenvalue weighted by Gasteiger charge is 2.23. The van der Waals surface area contributed by atoms with Gasteiger partial charge in [0.25, 0.3) is 0 Å². The fourth-order valence-electron chi connectivity index (χ4n) is 1.28. The molecule has 0 rings (SSSR count). The van der Waals surface area contributed by atoms with Crippen molar-refractivity contribution in [2.45, 2.75) is 39.7 Å². The van der Waals surface area contributed by atoms with Gasteiger partial charge in [0.05, 0.1) is 6.10 Å². The Balaban J connectivity index is 4.07. The number of carboxylic acid groups (broad SMARTS) is 1. The van der Waals surface area contributed by atoms with Crippen molar-refractivity contribution < 1.29 is 20.1 Å². The van der Waals surface area contributed by atoms with Gasteiger partial charge in [-0.05, 0) is 18.3 Å². The number of nitrogens with zero attached hydrogens (tertiary/aromatic N) is 1. The van der Waals surface area contributed by atoms with Crippen LogP contribution in [0.5, 0.6) is 0 Å². The lowest BCUT2D eigenvalue weighted by molar-refractivity contribution is 0.0452. The SMILES string of the molecule is CC(C)(C)C(O)CCN(CCCO)C(=O)O. The van der Waals surface area contributed by atoms with Crippen LogP contribution in [0.15, 0.2) is 0 Å². The zero-order valence-corrected chi connectivity index (χ0v) is 10.3. The molecule has 3 N–H and O–H groups in total. The fourth-order valence-corrected chi connectivity index (χ4v) is 1.28. The molecule has 1 unspecified atom stereocenters. The maximum Gasteiger partial charge on any atom is 0.407 e. The largest absolute Gasteiger partial charge is 0.465 e. The molecule has 0 heterocycles. The molecular weight excluding hydrogens is 210 g/mol. The first kappa shape index (κ1) is 15.2. The topological polar surface area (TPSA) is 81.0 Å². The summed E-state index contributed by atoms with van der Waals surface area (Å²) >= 11 is 0. The summed E-state index contributed by atoms with van der Waals surface area (Å²) in [5.41, 5.74) is -0.235. The summed E-state index contributed by atoms with van der Waals surface area (Å²) in [7, 11) is 0. The summed E-state index contributed by atoms with van der Waals surface area (Å²) < 4.78 is 0. The average Bonchev–Trinajstić information content (AvgIpc) is 2.15. The molecule has 0 saturated carbocycles. The quantitative estimate of drug-likeness (QED) is 0.642. The van der Waals surface area contributed by atoms with Crippen LogP contribution < -0.4 is 0 Å². The molecule has 0 aromatic heterocycles. The highest BCUT2D eigenvalue weighted by Crippen LogP contribution is 2.21. The normalized spacial score (nSPS) is 13.6. The summed E-state index contributed by atoms with van der Waals surface area (Å²) in [5, 5.41) is 27.3. The number of aliphatic hydroxyl groups excluding tert-OH is 2. The molecule has 0 spiro atoms. The number of amides is 1. The van der Waals surface area contributed by atoms with Crippen molar-refractivity contribution in [3.05, 3.63) is 0 Å². The third-order valence-electron chi connectivity index (χ3n) is 2.53. The van der Waals surface area contributed by atoms with Gasteiger partial charge in [-0.1, -0.05) is 20.8 Å². The molecule has 0 aromatic carbocycles. The summed E-state index contributed by atoms with van der Waals surface area (Å²) in [6, 6.07) is 0. The minimum Gasteiger partial charge on any atom is -0.465 e. The van der Waals surface area contributed by atoms with Gasteiger partial charge in [-0.3, -0.25) is 0 Å². The molecular formula is C11H23NO4. The smallest absolute Gasteiger partial charge is 0.407 e. The zero-order chi connectivity index (χ0) is 12.8. The molecule has 0 radical (unpaired) electrons. The molecule has 0 aliphatic carbocycles. The van der Waals surface area contributed by atoms with E-state index in [2.05, 4.69) is 0 Å². The van der Waals surface area contributed by atoms with E-state index in [4.69, 9.17) is 10.2 Å². The van der Waals surface area contributed by atoms with Gasteiger partial charge in [-0.15, -0.1) is 0 Å². The Hall–Kier alpha value is -0.810. The Bertz CT molecular complexity index is 213. The van der Waals surface area contributed by atoms with E-state index in [-0.39, 0.29) is 12.0 Å². The molecule has 0 saturated heterocycles. The van der Waals surface area contributed by atoms with E-state index >= 15 is 0 Å². The van der Waals surface area contributed by atoms with Gasteiger partial charge in [-0.25, -0.2) is 4.79 Å². The summed E-state index contributed by atoms with van der Waals surface area (Å²) in [6.45, 7) is 6.32. The van der Waals surface area contributed by atoms with Gasteiger partial charge in [-0.2, -0.15) is 0 Å². The number of aliphatic hydroxyl groups is 2. The molecule has 0 aromatic rings. The second-order valence-electron chi connectivity index (χ2n) is 5.02. The first-order valence-corrected chi connectivity index (χ1v) is 5.56. The first-order valence-electron chi connectivity index (χ1n) is 5.56. The predicted molar refractivity (Wildman–Crippen MR) is 61.4 cm³/mol. The Morgan fingerprint density at radius 3 is 2.25 bits per heavy atom. The molecule has 0 bridgehead atoms. The standard InChI is InChI=1S/C11H23NO4/c1-11(2,3)9(14)5-7-12(10(15)16)6-4-8-13/h9,13-14H,4-8H2,1-3H3,(H,15,16). The number of carbonyl (C=O) groups is 1. The molecule has 1 amide bonds. The van der Waals surface area contributed by atoms with Crippen LogP contribution in [0.1, 0.15) is 33.6 Å². The predicted octanol–water partition coefficient (Wildman–Crippen LogP) is 1.15. The lowest BCUT2D eigenvalue weighted by Crippen LogP contribution is -2.36.